The number of non-ortho nitro benzene ring substituents is 1. The van der Waals surface area contributed by atoms with Crippen LogP contribution in [0.2, 0.25) is 0 Å². The first-order valence-electron chi connectivity index (χ1n) is 7.73. The molecule has 0 fully saturated rings. The van der Waals surface area contributed by atoms with Gasteiger partial charge in [0.05, 0.1) is 4.92 Å². The SMILES string of the molecule is CCC(C)NC(=O)C(CCSC)NC(=O)c1cccc([N+](=O)[O-])c1. The van der Waals surface area contributed by atoms with E-state index in [1.54, 1.807) is 11.8 Å². The number of nitro groups is 1. The van der Waals surface area contributed by atoms with Gasteiger partial charge in [-0.1, -0.05) is 13.0 Å². The monoisotopic (exact) mass is 353 g/mol. The molecule has 0 saturated heterocycles. The molecule has 2 atom stereocenters. The third-order valence-corrected chi connectivity index (χ3v) is 4.20. The summed E-state index contributed by atoms with van der Waals surface area (Å²) < 4.78 is 0. The second-order valence-electron chi connectivity index (χ2n) is 5.43. The van der Waals surface area contributed by atoms with Crippen LogP contribution in [-0.4, -0.2) is 40.8 Å². The lowest BCUT2D eigenvalue weighted by atomic mass is 10.1. The summed E-state index contributed by atoms with van der Waals surface area (Å²) in [6.45, 7) is 3.86. The summed E-state index contributed by atoms with van der Waals surface area (Å²) in [5, 5.41) is 16.3. The van der Waals surface area contributed by atoms with Crippen molar-refractivity contribution in [3.8, 4) is 0 Å². The van der Waals surface area contributed by atoms with Crippen LogP contribution in [-0.2, 0) is 4.79 Å². The number of nitrogens with one attached hydrogen (secondary N) is 2. The Hall–Kier alpha value is -2.09. The van der Waals surface area contributed by atoms with Crippen LogP contribution in [0, 0.1) is 10.1 Å². The first-order valence-corrected chi connectivity index (χ1v) is 9.13. The van der Waals surface area contributed by atoms with Gasteiger partial charge in [-0.15, -0.1) is 0 Å². The second-order valence-corrected chi connectivity index (χ2v) is 6.42. The molecule has 1 aromatic carbocycles. The van der Waals surface area contributed by atoms with Crippen molar-refractivity contribution in [2.45, 2.75) is 38.8 Å². The average Bonchev–Trinajstić information content (AvgIpc) is 2.58. The molecule has 7 nitrogen and oxygen atoms in total. The molecule has 2 N–H and O–H groups in total. The van der Waals surface area contributed by atoms with Gasteiger partial charge in [0.25, 0.3) is 11.6 Å². The Morgan fingerprint density at radius 1 is 1.33 bits per heavy atom. The minimum atomic E-state index is -0.668. The first-order chi connectivity index (χ1) is 11.4. The summed E-state index contributed by atoms with van der Waals surface area (Å²) in [6.07, 6.45) is 3.20. The van der Waals surface area contributed by atoms with E-state index in [2.05, 4.69) is 10.6 Å². The number of thioether (sulfide) groups is 1. The fourth-order valence-corrected chi connectivity index (χ4v) is 2.42. The van der Waals surface area contributed by atoms with Gasteiger partial charge in [-0.05, 0) is 37.8 Å². The van der Waals surface area contributed by atoms with E-state index < -0.39 is 16.9 Å². The summed E-state index contributed by atoms with van der Waals surface area (Å²) in [5.41, 5.74) is 0.00191. The lowest BCUT2D eigenvalue weighted by Gasteiger charge is -2.20. The average molecular weight is 353 g/mol. The van der Waals surface area contributed by atoms with Crippen molar-refractivity contribution in [2.24, 2.45) is 0 Å². The molecule has 2 amide bonds. The predicted octanol–water partition coefficient (Wildman–Crippen LogP) is 2.36. The zero-order valence-electron chi connectivity index (χ0n) is 14.1. The number of carbonyl (C=O) groups excluding carboxylic acids is 2. The fraction of sp³-hybridized carbons (Fsp3) is 0.500. The maximum Gasteiger partial charge on any atom is 0.270 e. The molecule has 0 heterocycles. The molecule has 132 valence electrons. The van der Waals surface area contributed by atoms with Gasteiger partial charge in [-0.3, -0.25) is 19.7 Å². The van der Waals surface area contributed by atoms with E-state index in [-0.39, 0.29) is 23.2 Å². The molecule has 0 spiro atoms. The highest BCUT2D eigenvalue weighted by atomic mass is 32.2. The maximum absolute atomic E-state index is 12.3. The molecule has 0 aliphatic heterocycles. The highest BCUT2D eigenvalue weighted by Gasteiger charge is 2.22. The minimum absolute atomic E-state index is 0.0176. The number of rotatable bonds is 9. The van der Waals surface area contributed by atoms with Crippen LogP contribution in [0.1, 0.15) is 37.0 Å². The molecule has 0 radical (unpaired) electrons. The third kappa shape index (κ3) is 6.19. The molecule has 1 rings (SSSR count). The van der Waals surface area contributed by atoms with Gasteiger partial charge in [-0.25, -0.2) is 0 Å². The highest BCUT2D eigenvalue weighted by molar-refractivity contribution is 7.98. The first kappa shape index (κ1) is 20.0. The van der Waals surface area contributed by atoms with Gasteiger partial charge in [0.15, 0.2) is 0 Å². The van der Waals surface area contributed by atoms with E-state index in [0.717, 1.165) is 6.42 Å². The molecular formula is C16H23N3O4S. The van der Waals surface area contributed by atoms with Crippen molar-refractivity contribution in [2.75, 3.05) is 12.0 Å². The van der Waals surface area contributed by atoms with E-state index in [1.807, 2.05) is 20.1 Å². The highest BCUT2D eigenvalue weighted by Crippen LogP contribution is 2.13. The van der Waals surface area contributed by atoms with E-state index in [0.29, 0.717) is 12.2 Å². The van der Waals surface area contributed by atoms with E-state index in [1.165, 1.54) is 24.3 Å². The lowest BCUT2D eigenvalue weighted by molar-refractivity contribution is -0.384. The van der Waals surface area contributed by atoms with Gasteiger partial charge in [0.2, 0.25) is 5.91 Å². The molecule has 8 heteroatoms. The molecule has 0 bridgehead atoms. The zero-order chi connectivity index (χ0) is 18.1. The predicted molar refractivity (Wildman–Crippen MR) is 95.2 cm³/mol. The number of carbonyl (C=O) groups is 2. The standard InChI is InChI=1S/C16H23N3O4S/c1-4-11(2)17-16(21)14(8-9-24-3)18-15(20)12-6-5-7-13(10-12)19(22)23/h5-7,10-11,14H,4,8-9H2,1-3H3,(H,17,21)(H,18,20). The number of amides is 2. The summed E-state index contributed by atoms with van der Waals surface area (Å²) in [6, 6.07) is 4.80. The molecule has 2 unspecified atom stereocenters. The van der Waals surface area contributed by atoms with Crippen LogP contribution in [0.15, 0.2) is 24.3 Å². The van der Waals surface area contributed by atoms with Crippen molar-refractivity contribution in [3.05, 3.63) is 39.9 Å². The lowest BCUT2D eigenvalue weighted by Crippen LogP contribution is -2.49. The van der Waals surface area contributed by atoms with Gasteiger partial charge < -0.3 is 10.6 Å². The van der Waals surface area contributed by atoms with Crippen LogP contribution in [0.3, 0.4) is 0 Å². The number of nitrogens with zero attached hydrogens (tertiary/aromatic N) is 1. The summed E-state index contributed by atoms with van der Waals surface area (Å²) >= 11 is 1.58. The Kier molecular flexibility index (Phi) is 8.25. The number of hydrogen-bond acceptors (Lipinski definition) is 5. The van der Waals surface area contributed by atoms with Crippen LogP contribution in [0.25, 0.3) is 0 Å². The van der Waals surface area contributed by atoms with Crippen LogP contribution in [0.5, 0.6) is 0 Å². The summed E-state index contributed by atoms with van der Waals surface area (Å²) in [7, 11) is 0. The zero-order valence-corrected chi connectivity index (χ0v) is 14.9. The van der Waals surface area contributed by atoms with Crippen LogP contribution >= 0.6 is 11.8 Å². The molecule has 0 aliphatic carbocycles. The van der Waals surface area contributed by atoms with Crippen molar-refractivity contribution in [1.82, 2.24) is 10.6 Å². The maximum atomic E-state index is 12.3. The molecule has 24 heavy (non-hydrogen) atoms. The fourth-order valence-electron chi connectivity index (χ4n) is 1.95. The molecular weight excluding hydrogens is 330 g/mol. The van der Waals surface area contributed by atoms with E-state index in [9.17, 15) is 19.7 Å². The second kappa shape index (κ2) is 9.92. The Morgan fingerprint density at radius 2 is 2.04 bits per heavy atom. The Balaban J connectivity index is 2.84. The molecule has 0 aromatic heterocycles. The minimum Gasteiger partial charge on any atom is -0.352 e. The Labute approximate surface area is 145 Å². The number of hydrogen-bond donors (Lipinski definition) is 2. The van der Waals surface area contributed by atoms with E-state index in [4.69, 9.17) is 0 Å². The van der Waals surface area contributed by atoms with Gasteiger partial charge in [-0.2, -0.15) is 11.8 Å². The van der Waals surface area contributed by atoms with Crippen LogP contribution < -0.4 is 10.6 Å². The topological polar surface area (TPSA) is 101 Å². The van der Waals surface area contributed by atoms with Crippen LogP contribution in [0.4, 0.5) is 5.69 Å². The normalized spacial score (nSPS) is 13.0. The van der Waals surface area contributed by atoms with Crippen molar-refractivity contribution < 1.29 is 14.5 Å². The molecule has 0 aliphatic rings. The summed E-state index contributed by atoms with van der Waals surface area (Å²) in [5.74, 6) is -0.0188. The summed E-state index contributed by atoms with van der Waals surface area (Å²) in [4.78, 5) is 34.9. The Morgan fingerprint density at radius 3 is 2.62 bits per heavy atom. The van der Waals surface area contributed by atoms with Crippen molar-refractivity contribution >= 4 is 29.3 Å². The van der Waals surface area contributed by atoms with Gasteiger partial charge in [0, 0.05) is 23.7 Å². The quantitative estimate of drug-likeness (QED) is 0.524. The number of nitro benzene ring substituents is 1. The van der Waals surface area contributed by atoms with E-state index >= 15 is 0 Å². The molecule has 1 aromatic rings. The third-order valence-electron chi connectivity index (χ3n) is 3.55. The number of benzene rings is 1. The van der Waals surface area contributed by atoms with Crippen molar-refractivity contribution in [1.29, 1.82) is 0 Å². The van der Waals surface area contributed by atoms with Gasteiger partial charge >= 0.3 is 0 Å². The van der Waals surface area contributed by atoms with Crippen molar-refractivity contribution in [3.63, 3.8) is 0 Å². The molecule has 0 saturated carbocycles. The largest absolute Gasteiger partial charge is 0.352 e. The smallest absolute Gasteiger partial charge is 0.270 e. The Bertz CT molecular complexity index is 594. The van der Waals surface area contributed by atoms with Gasteiger partial charge in [0.1, 0.15) is 6.04 Å².